The van der Waals surface area contributed by atoms with Gasteiger partial charge in [-0.15, -0.1) is 0 Å². The zero-order valence-corrected chi connectivity index (χ0v) is 12.0. The number of ether oxygens (including phenoxy) is 1. The van der Waals surface area contributed by atoms with Gasteiger partial charge < -0.3 is 9.64 Å². The van der Waals surface area contributed by atoms with Crippen LogP contribution in [0, 0.1) is 18.8 Å². The van der Waals surface area contributed by atoms with Crippen molar-refractivity contribution < 1.29 is 4.74 Å². The van der Waals surface area contributed by atoms with Crippen LogP contribution in [0.25, 0.3) is 0 Å². The van der Waals surface area contributed by atoms with Crippen LogP contribution in [-0.4, -0.2) is 20.2 Å². The van der Waals surface area contributed by atoms with Crippen LogP contribution in [0.2, 0.25) is 0 Å². The Morgan fingerprint density at radius 2 is 1.65 bits per heavy atom. The van der Waals surface area contributed by atoms with Crippen molar-refractivity contribution in [3.05, 3.63) is 60.2 Å². The first kappa shape index (κ1) is 14.0. The van der Waals surface area contributed by atoms with E-state index in [-0.39, 0.29) is 0 Å². The maximum Gasteiger partial charge on any atom is 0.149 e. The zero-order chi connectivity index (χ0) is 14.2. The molecule has 2 rings (SSSR count). The third kappa shape index (κ3) is 4.37. The number of anilines is 1. The highest BCUT2D eigenvalue weighted by atomic mass is 16.5. The van der Waals surface area contributed by atoms with E-state index < -0.39 is 0 Å². The van der Waals surface area contributed by atoms with Crippen LogP contribution < -0.4 is 9.64 Å². The lowest BCUT2D eigenvalue weighted by atomic mass is 10.2. The van der Waals surface area contributed by atoms with Crippen molar-refractivity contribution in [1.29, 1.82) is 0 Å². The molecule has 102 valence electrons. The first-order chi connectivity index (χ1) is 9.75. The summed E-state index contributed by atoms with van der Waals surface area (Å²) >= 11 is 0. The lowest BCUT2D eigenvalue weighted by molar-refractivity contribution is 0.370. The molecule has 0 amide bonds. The molecule has 20 heavy (non-hydrogen) atoms. The molecule has 2 aromatic carbocycles. The van der Waals surface area contributed by atoms with Crippen molar-refractivity contribution >= 4 is 5.69 Å². The Labute approximate surface area is 121 Å². The summed E-state index contributed by atoms with van der Waals surface area (Å²) in [5.41, 5.74) is 2.44. The highest BCUT2D eigenvalue weighted by Gasteiger charge is 1.97. The van der Waals surface area contributed by atoms with E-state index in [1.165, 1.54) is 11.3 Å². The Balaban J connectivity index is 1.78. The fourth-order valence-corrected chi connectivity index (χ4v) is 1.75. The fourth-order valence-electron chi connectivity index (χ4n) is 1.75. The van der Waals surface area contributed by atoms with E-state index in [0.717, 1.165) is 5.75 Å². The molecule has 0 radical (unpaired) electrons. The highest BCUT2D eigenvalue weighted by molar-refractivity contribution is 5.47. The average Bonchev–Trinajstić information content (AvgIpc) is 2.48. The number of benzene rings is 2. The summed E-state index contributed by atoms with van der Waals surface area (Å²) in [6, 6.07) is 18.2. The summed E-state index contributed by atoms with van der Waals surface area (Å²) in [6.07, 6.45) is 0. The van der Waals surface area contributed by atoms with Crippen molar-refractivity contribution in [3.63, 3.8) is 0 Å². The van der Waals surface area contributed by atoms with Gasteiger partial charge in [-0.1, -0.05) is 47.7 Å². The molecule has 2 heteroatoms. The normalized spacial score (nSPS) is 9.50. The van der Waals surface area contributed by atoms with E-state index in [4.69, 9.17) is 4.74 Å². The fraction of sp³-hybridized carbons (Fsp3) is 0.222. The molecule has 0 saturated heterocycles. The van der Waals surface area contributed by atoms with Gasteiger partial charge in [0.2, 0.25) is 0 Å². The van der Waals surface area contributed by atoms with Crippen LogP contribution >= 0.6 is 0 Å². The first-order valence-corrected chi connectivity index (χ1v) is 6.67. The van der Waals surface area contributed by atoms with Crippen LogP contribution in [0.5, 0.6) is 5.75 Å². The molecule has 0 unspecified atom stereocenters. The maximum atomic E-state index is 5.52. The molecule has 2 nitrogen and oxygen atoms in total. The Kier molecular flexibility index (Phi) is 5.08. The molecule has 0 bridgehead atoms. The van der Waals surface area contributed by atoms with E-state index in [1.54, 1.807) is 0 Å². The standard InChI is InChI=1S/C18H19NO/c1-16-10-12-17(13-11-16)19(2)14-6-7-15-20-18-8-4-3-5-9-18/h3-5,8-13H,14-15H2,1-2H3. The zero-order valence-electron chi connectivity index (χ0n) is 12.0. The highest BCUT2D eigenvalue weighted by Crippen LogP contribution is 2.12. The van der Waals surface area contributed by atoms with Gasteiger partial charge in [0.15, 0.2) is 0 Å². The van der Waals surface area contributed by atoms with Crippen LogP contribution in [0.1, 0.15) is 5.56 Å². The third-order valence-electron chi connectivity index (χ3n) is 2.97. The molecule has 0 N–H and O–H groups in total. The number of hydrogen-bond donors (Lipinski definition) is 0. The van der Waals surface area contributed by atoms with E-state index >= 15 is 0 Å². The van der Waals surface area contributed by atoms with E-state index in [2.05, 4.69) is 47.9 Å². The molecular weight excluding hydrogens is 246 g/mol. The predicted octanol–water partition coefficient (Wildman–Crippen LogP) is 3.51. The quantitative estimate of drug-likeness (QED) is 0.784. The molecule has 0 spiro atoms. The Morgan fingerprint density at radius 1 is 0.950 bits per heavy atom. The lowest BCUT2D eigenvalue weighted by Gasteiger charge is -2.15. The second-order valence-corrected chi connectivity index (χ2v) is 4.65. The monoisotopic (exact) mass is 265 g/mol. The van der Waals surface area contributed by atoms with Crippen molar-refractivity contribution in [3.8, 4) is 17.6 Å². The van der Waals surface area contributed by atoms with Crippen LogP contribution in [-0.2, 0) is 0 Å². The molecule has 0 heterocycles. The Hall–Kier alpha value is -2.40. The van der Waals surface area contributed by atoms with Crippen molar-refractivity contribution in [1.82, 2.24) is 0 Å². The van der Waals surface area contributed by atoms with Gasteiger partial charge in [-0.2, -0.15) is 0 Å². The van der Waals surface area contributed by atoms with Crippen LogP contribution in [0.15, 0.2) is 54.6 Å². The molecule has 0 atom stereocenters. The molecule has 2 aromatic rings. The summed E-state index contributed by atoms with van der Waals surface area (Å²) in [4.78, 5) is 2.12. The van der Waals surface area contributed by atoms with E-state index in [1.807, 2.05) is 37.4 Å². The van der Waals surface area contributed by atoms with Gasteiger partial charge in [0.1, 0.15) is 12.4 Å². The topological polar surface area (TPSA) is 12.5 Å². The minimum Gasteiger partial charge on any atom is -0.481 e. The second kappa shape index (κ2) is 7.25. The van der Waals surface area contributed by atoms with Crippen molar-refractivity contribution in [2.75, 3.05) is 25.1 Å². The molecular formula is C18H19NO. The van der Waals surface area contributed by atoms with Crippen molar-refractivity contribution in [2.45, 2.75) is 6.92 Å². The molecule has 0 aliphatic carbocycles. The van der Waals surface area contributed by atoms with Gasteiger partial charge in [0, 0.05) is 12.7 Å². The summed E-state index contributed by atoms with van der Waals surface area (Å²) in [6.45, 7) is 3.21. The van der Waals surface area contributed by atoms with Gasteiger partial charge in [0.25, 0.3) is 0 Å². The summed E-state index contributed by atoms with van der Waals surface area (Å²) in [7, 11) is 2.04. The molecule has 0 fully saturated rings. The number of rotatable bonds is 4. The largest absolute Gasteiger partial charge is 0.481 e. The summed E-state index contributed by atoms with van der Waals surface area (Å²) < 4.78 is 5.52. The lowest BCUT2D eigenvalue weighted by Crippen LogP contribution is -2.17. The third-order valence-corrected chi connectivity index (χ3v) is 2.97. The van der Waals surface area contributed by atoms with Crippen LogP contribution in [0.4, 0.5) is 5.69 Å². The average molecular weight is 265 g/mol. The van der Waals surface area contributed by atoms with Gasteiger partial charge in [-0.05, 0) is 31.2 Å². The number of para-hydroxylation sites is 1. The summed E-state index contributed by atoms with van der Waals surface area (Å²) in [5, 5.41) is 0. The molecule has 0 aromatic heterocycles. The van der Waals surface area contributed by atoms with E-state index in [9.17, 15) is 0 Å². The Morgan fingerprint density at radius 3 is 2.35 bits per heavy atom. The maximum absolute atomic E-state index is 5.52. The van der Waals surface area contributed by atoms with Gasteiger partial charge in [-0.3, -0.25) is 0 Å². The minimum absolute atomic E-state index is 0.422. The molecule has 0 saturated carbocycles. The van der Waals surface area contributed by atoms with E-state index in [0.29, 0.717) is 13.2 Å². The van der Waals surface area contributed by atoms with Gasteiger partial charge in [0.05, 0.1) is 6.54 Å². The predicted molar refractivity (Wildman–Crippen MR) is 84.2 cm³/mol. The van der Waals surface area contributed by atoms with Gasteiger partial charge in [-0.25, -0.2) is 0 Å². The van der Waals surface area contributed by atoms with Crippen molar-refractivity contribution in [2.24, 2.45) is 0 Å². The van der Waals surface area contributed by atoms with Crippen LogP contribution in [0.3, 0.4) is 0 Å². The SMILES string of the molecule is Cc1ccc(N(C)CC#CCOc2ccccc2)cc1. The Bertz CT molecular complexity index is 578. The first-order valence-electron chi connectivity index (χ1n) is 6.67. The van der Waals surface area contributed by atoms with Gasteiger partial charge >= 0.3 is 0 Å². The number of hydrogen-bond acceptors (Lipinski definition) is 2. The minimum atomic E-state index is 0.422. The number of aryl methyl sites for hydroxylation is 1. The molecule has 0 aliphatic rings. The second-order valence-electron chi connectivity index (χ2n) is 4.65. The smallest absolute Gasteiger partial charge is 0.149 e. The number of nitrogens with zero attached hydrogens (tertiary/aromatic N) is 1. The molecule has 0 aliphatic heterocycles. The summed E-state index contributed by atoms with van der Waals surface area (Å²) in [5.74, 6) is 7.01.